The summed E-state index contributed by atoms with van der Waals surface area (Å²) in [5, 5.41) is 15.6. The van der Waals surface area contributed by atoms with E-state index in [4.69, 9.17) is 5.73 Å². The van der Waals surface area contributed by atoms with E-state index in [-0.39, 0.29) is 6.04 Å². The Balaban J connectivity index is 2.32. The van der Waals surface area contributed by atoms with Crippen molar-refractivity contribution in [1.82, 2.24) is 24.5 Å². The fourth-order valence-electron chi connectivity index (χ4n) is 1.90. The minimum atomic E-state index is -0.307. The largest absolute Gasteiger partial charge is 0.355 e. The van der Waals surface area contributed by atoms with Crippen molar-refractivity contribution in [1.29, 1.82) is 0 Å². The zero-order chi connectivity index (χ0) is 13.1. The molecule has 0 fully saturated rings. The number of anilines is 1. The van der Waals surface area contributed by atoms with E-state index in [9.17, 15) is 0 Å². The van der Waals surface area contributed by atoms with E-state index in [0.29, 0.717) is 0 Å². The Bertz CT molecular complexity index is 513. The van der Waals surface area contributed by atoms with Crippen LogP contribution in [-0.4, -0.2) is 31.1 Å². The first-order valence-corrected chi connectivity index (χ1v) is 6.08. The van der Waals surface area contributed by atoms with Crippen molar-refractivity contribution in [3.8, 4) is 0 Å². The van der Waals surface area contributed by atoms with Crippen LogP contribution in [0, 0.1) is 0 Å². The maximum Gasteiger partial charge on any atom is 0.224 e. The monoisotopic (exact) mass is 249 g/mol. The minimum absolute atomic E-state index is 0.307. The number of nitrogens with one attached hydrogen (secondary N) is 1. The van der Waals surface area contributed by atoms with Gasteiger partial charge in [-0.25, -0.2) is 0 Å². The van der Waals surface area contributed by atoms with E-state index in [1.54, 1.807) is 10.9 Å². The van der Waals surface area contributed by atoms with Crippen molar-refractivity contribution < 1.29 is 0 Å². The van der Waals surface area contributed by atoms with Crippen molar-refractivity contribution in [3.63, 3.8) is 0 Å². The first kappa shape index (κ1) is 12.6. The molecule has 1 atom stereocenters. The molecule has 18 heavy (non-hydrogen) atoms. The SMILES string of the molecule is CCNc1nnc(C(N)c2cnn(C)c2)n1CC. The lowest BCUT2D eigenvalue weighted by molar-refractivity contribution is 0.658. The van der Waals surface area contributed by atoms with E-state index >= 15 is 0 Å². The lowest BCUT2D eigenvalue weighted by Gasteiger charge is -2.12. The van der Waals surface area contributed by atoms with Crippen LogP contribution in [0.3, 0.4) is 0 Å². The quantitative estimate of drug-likeness (QED) is 0.806. The van der Waals surface area contributed by atoms with Crippen LogP contribution in [0.25, 0.3) is 0 Å². The molecule has 0 saturated heterocycles. The van der Waals surface area contributed by atoms with Gasteiger partial charge in [0.1, 0.15) is 0 Å². The second-order valence-corrected chi connectivity index (χ2v) is 4.08. The van der Waals surface area contributed by atoms with Gasteiger partial charge < -0.3 is 11.1 Å². The normalized spacial score (nSPS) is 12.7. The second-order valence-electron chi connectivity index (χ2n) is 4.08. The van der Waals surface area contributed by atoms with E-state index in [2.05, 4.69) is 20.6 Å². The van der Waals surface area contributed by atoms with Crippen LogP contribution < -0.4 is 11.1 Å². The van der Waals surface area contributed by atoms with Gasteiger partial charge in [-0.1, -0.05) is 0 Å². The number of hydrogen-bond donors (Lipinski definition) is 2. The highest BCUT2D eigenvalue weighted by Gasteiger charge is 2.19. The second kappa shape index (κ2) is 5.18. The van der Waals surface area contributed by atoms with Gasteiger partial charge in [-0.3, -0.25) is 9.25 Å². The van der Waals surface area contributed by atoms with E-state index in [1.165, 1.54) is 0 Å². The van der Waals surface area contributed by atoms with Crippen LogP contribution in [0.4, 0.5) is 5.95 Å². The Hall–Kier alpha value is -1.89. The molecule has 0 aromatic carbocycles. The molecule has 0 amide bonds. The number of aromatic nitrogens is 5. The fraction of sp³-hybridized carbons (Fsp3) is 0.545. The third-order valence-electron chi connectivity index (χ3n) is 2.79. The summed E-state index contributed by atoms with van der Waals surface area (Å²) in [5.41, 5.74) is 7.14. The number of rotatable bonds is 5. The predicted octanol–water partition coefficient (Wildman–Crippen LogP) is 0.511. The minimum Gasteiger partial charge on any atom is -0.355 e. The molecule has 2 heterocycles. The van der Waals surface area contributed by atoms with Gasteiger partial charge in [0.05, 0.1) is 12.2 Å². The van der Waals surface area contributed by atoms with Gasteiger partial charge in [0.2, 0.25) is 5.95 Å². The average molecular weight is 249 g/mol. The highest BCUT2D eigenvalue weighted by atomic mass is 15.4. The lowest BCUT2D eigenvalue weighted by Crippen LogP contribution is -2.18. The van der Waals surface area contributed by atoms with Gasteiger partial charge in [-0.15, -0.1) is 10.2 Å². The van der Waals surface area contributed by atoms with Crippen LogP contribution in [-0.2, 0) is 13.6 Å². The number of hydrogen-bond acceptors (Lipinski definition) is 5. The predicted molar refractivity (Wildman–Crippen MR) is 69.1 cm³/mol. The van der Waals surface area contributed by atoms with Gasteiger partial charge in [-0.2, -0.15) is 5.10 Å². The van der Waals surface area contributed by atoms with Crippen molar-refractivity contribution in [2.45, 2.75) is 26.4 Å². The van der Waals surface area contributed by atoms with Crippen molar-refractivity contribution in [2.75, 3.05) is 11.9 Å². The average Bonchev–Trinajstić information content (AvgIpc) is 2.95. The summed E-state index contributed by atoms with van der Waals surface area (Å²) in [6.07, 6.45) is 3.65. The third kappa shape index (κ3) is 2.21. The third-order valence-corrected chi connectivity index (χ3v) is 2.79. The van der Waals surface area contributed by atoms with E-state index < -0.39 is 0 Å². The summed E-state index contributed by atoms with van der Waals surface area (Å²) in [4.78, 5) is 0. The van der Waals surface area contributed by atoms with Crippen molar-refractivity contribution in [2.24, 2.45) is 12.8 Å². The molecule has 0 radical (unpaired) electrons. The van der Waals surface area contributed by atoms with Crippen molar-refractivity contribution in [3.05, 3.63) is 23.8 Å². The Kier molecular flexibility index (Phi) is 3.61. The molecule has 0 saturated carbocycles. The van der Waals surface area contributed by atoms with Crippen LogP contribution in [0.15, 0.2) is 12.4 Å². The van der Waals surface area contributed by atoms with Gasteiger partial charge in [0.25, 0.3) is 0 Å². The van der Waals surface area contributed by atoms with Gasteiger partial charge in [0.15, 0.2) is 5.82 Å². The molecule has 3 N–H and O–H groups in total. The molecule has 0 bridgehead atoms. The number of nitrogens with zero attached hydrogens (tertiary/aromatic N) is 5. The van der Waals surface area contributed by atoms with Crippen LogP contribution in [0.5, 0.6) is 0 Å². The molecular formula is C11H19N7. The molecular weight excluding hydrogens is 230 g/mol. The smallest absolute Gasteiger partial charge is 0.224 e. The molecule has 0 aliphatic rings. The summed E-state index contributed by atoms with van der Waals surface area (Å²) < 4.78 is 3.72. The number of nitrogens with two attached hydrogens (primary N) is 1. The molecule has 7 nitrogen and oxygen atoms in total. The molecule has 1 unspecified atom stereocenters. The van der Waals surface area contributed by atoms with Gasteiger partial charge in [0, 0.05) is 31.9 Å². The van der Waals surface area contributed by atoms with Gasteiger partial charge in [-0.05, 0) is 13.8 Å². The zero-order valence-electron chi connectivity index (χ0n) is 11.0. The molecule has 0 spiro atoms. The molecule has 98 valence electrons. The zero-order valence-corrected chi connectivity index (χ0v) is 11.0. The Morgan fingerprint density at radius 2 is 2.17 bits per heavy atom. The first-order chi connectivity index (χ1) is 8.67. The Morgan fingerprint density at radius 1 is 1.39 bits per heavy atom. The topological polar surface area (TPSA) is 86.6 Å². The van der Waals surface area contributed by atoms with Crippen LogP contribution >= 0.6 is 0 Å². The molecule has 0 aliphatic heterocycles. The standard InChI is InChI=1S/C11H19N7/c1-4-13-11-16-15-10(18(11)5-2)9(12)8-6-14-17(3)7-8/h6-7,9H,4-5,12H2,1-3H3,(H,13,16). The van der Waals surface area contributed by atoms with E-state index in [1.807, 2.05) is 31.7 Å². The molecule has 2 rings (SSSR count). The molecule has 0 aliphatic carbocycles. The first-order valence-electron chi connectivity index (χ1n) is 6.08. The van der Waals surface area contributed by atoms with Crippen molar-refractivity contribution >= 4 is 5.95 Å². The molecule has 2 aromatic rings. The summed E-state index contributed by atoms with van der Waals surface area (Å²) in [7, 11) is 1.87. The molecule has 7 heteroatoms. The summed E-state index contributed by atoms with van der Waals surface area (Å²) >= 11 is 0. The summed E-state index contributed by atoms with van der Waals surface area (Å²) in [6, 6.07) is -0.307. The highest BCUT2D eigenvalue weighted by Crippen LogP contribution is 2.19. The Morgan fingerprint density at radius 3 is 2.72 bits per heavy atom. The maximum atomic E-state index is 6.21. The Labute approximate surface area is 106 Å². The summed E-state index contributed by atoms with van der Waals surface area (Å²) in [6.45, 7) is 5.65. The summed E-state index contributed by atoms with van der Waals surface area (Å²) in [5.74, 6) is 1.51. The van der Waals surface area contributed by atoms with Gasteiger partial charge >= 0.3 is 0 Å². The fourth-order valence-corrected chi connectivity index (χ4v) is 1.90. The lowest BCUT2D eigenvalue weighted by atomic mass is 10.1. The van der Waals surface area contributed by atoms with E-state index in [0.717, 1.165) is 30.4 Å². The van der Waals surface area contributed by atoms with Crippen LogP contribution in [0.1, 0.15) is 31.3 Å². The van der Waals surface area contributed by atoms with Crippen LogP contribution in [0.2, 0.25) is 0 Å². The molecule has 2 aromatic heterocycles. The number of aryl methyl sites for hydroxylation is 1. The maximum absolute atomic E-state index is 6.21. The highest BCUT2D eigenvalue weighted by molar-refractivity contribution is 5.29.